The van der Waals surface area contributed by atoms with Gasteiger partial charge in [-0.25, -0.2) is 0 Å². The zero-order valence-electron chi connectivity index (χ0n) is 11.6. The number of anilines is 2. The van der Waals surface area contributed by atoms with E-state index in [1.165, 1.54) is 0 Å². The number of rotatable bonds is 7. The largest absolute Gasteiger partial charge is 0.489 e. The van der Waals surface area contributed by atoms with Gasteiger partial charge in [-0.1, -0.05) is 30.3 Å². The van der Waals surface area contributed by atoms with Crippen molar-refractivity contribution in [1.82, 2.24) is 0 Å². The zero-order chi connectivity index (χ0) is 14.2. The van der Waals surface area contributed by atoms with Crippen LogP contribution in [-0.2, 0) is 11.3 Å². The minimum absolute atomic E-state index is 0.538. The molecule has 20 heavy (non-hydrogen) atoms. The highest BCUT2D eigenvalue weighted by Crippen LogP contribution is 2.24. The van der Waals surface area contributed by atoms with Crippen molar-refractivity contribution in [2.45, 2.75) is 6.61 Å². The lowest BCUT2D eigenvalue weighted by Crippen LogP contribution is -2.09. The Morgan fingerprint density at radius 3 is 2.60 bits per heavy atom. The molecule has 0 heterocycles. The molecular formula is C16H20N2O2. The Kier molecular flexibility index (Phi) is 5.26. The summed E-state index contributed by atoms with van der Waals surface area (Å²) in [5.74, 6) is 0.767. The molecular weight excluding hydrogens is 252 g/mol. The highest BCUT2D eigenvalue weighted by Gasteiger charge is 2.01. The number of nitrogens with one attached hydrogen (secondary N) is 1. The van der Waals surface area contributed by atoms with Crippen LogP contribution in [-0.4, -0.2) is 20.3 Å². The Hall–Kier alpha value is -2.20. The molecule has 0 amide bonds. The molecule has 0 fully saturated rings. The van der Waals surface area contributed by atoms with Crippen LogP contribution in [0.2, 0.25) is 0 Å². The molecule has 0 saturated heterocycles. The normalized spacial score (nSPS) is 10.2. The van der Waals surface area contributed by atoms with E-state index in [9.17, 15) is 0 Å². The Labute approximate surface area is 119 Å². The van der Waals surface area contributed by atoms with Gasteiger partial charge in [-0.3, -0.25) is 0 Å². The molecule has 2 aromatic rings. The molecule has 0 unspecified atom stereocenters. The maximum atomic E-state index is 5.99. The number of nitrogens with two attached hydrogens (primary N) is 1. The summed E-state index contributed by atoms with van der Waals surface area (Å²) in [6.07, 6.45) is 0. The fourth-order valence-corrected chi connectivity index (χ4v) is 1.82. The Morgan fingerprint density at radius 1 is 1.10 bits per heavy atom. The van der Waals surface area contributed by atoms with Crippen LogP contribution < -0.4 is 15.8 Å². The summed E-state index contributed by atoms with van der Waals surface area (Å²) >= 11 is 0. The predicted octanol–water partition coefficient (Wildman–Crippen LogP) is 2.91. The summed E-state index contributed by atoms with van der Waals surface area (Å²) < 4.78 is 10.7. The average molecular weight is 272 g/mol. The summed E-state index contributed by atoms with van der Waals surface area (Å²) in [5, 5.41) is 3.21. The minimum Gasteiger partial charge on any atom is -0.489 e. The van der Waals surface area contributed by atoms with E-state index in [0.717, 1.165) is 23.5 Å². The quantitative estimate of drug-likeness (QED) is 0.601. The molecule has 106 valence electrons. The Balaban J connectivity index is 1.91. The second kappa shape index (κ2) is 7.40. The number of hydrogen-bond donors (Lipinski definition) is 2. The first-order chi connectivity index (χ1) is 9.79. The SMILES string of the molecule is COCCNc1ccc(OCc2ccccc2)cc1N. The highest BCUT2D eigenvalue weighted by molar-refractivity contribution is 5.68. The van der Waals surface area contributed by atoms with E-state index < -0.39 is 0 Å². The summed E-state index contributed by atoms with van der Waals surface area (Å²) in [7, 11) is 1.67. The molecule has 0 bridgehead atoms. The third-order valence-corrected chi connectivity index (χ3v) is 2.89. The van der Waals surface area contributed by atoms with Gasteiger partial charge < -0.3 is 20.5 Å². The summed E-state index contributed by atoms with van der Waals surface area (Å²) in [4.78, 5) is 0. The van der Waals surface area contributed by atoms with Crippen molar-refractivity contribution in [3.05, 3.63) is 54.1 Å². The molecule has 0 radical (unpaired) electrons. The topological polar surface area (TPSA) is 56.5 Å². The van der Waals surface area contributed by atoms with Crippen molar-refractivity contribution < 1.29 is 9.47 Å². The Bertz CT molecular complexity index is 529. The molecule has 0 spiro atoms. The monoisotopic (exact) mass is 272 g/mol. The third kappa shape index (κ3) is 4.17. The maximum Gasteiger partial charge on any atom is 0.122 e. The van der Waals surface area contributed by atoms with Gasteiger partial charge in [-0.2, -0.15) is 0 Å². The van der Waals surface area contributed by atoms with Gasteiger partial charge in [0.15, 0.2) is 0 Å². The standard InChI is InChI=1S/C16H20N2O2/c1-19-10-9-18-16-8-7-14(11-15(16)17)20-12-13-5-3-2-4-6-13/h2-8,11,18H,9-10,12,17H2,1H3. The number of hydrogen-bond acceptors (Lipinski definition) is 4. The van der Waals surface area contributed by atoms with E-state index in [0.29, 0.717) is 18.9 Å². The second-order valence-electron chi connectivity index (χ2n) is 4.44. The number of ether oxygens (including phenoxy) is 2. The molecule has 2 aromatic carbocycles. The van der Waals surface area contributed by atoms with Crippen molar-refractivity contribution >= 4 is 11.4 Å². The van der Waals surface area contributed by atoms with Gasteiger partial charge in [0.05, 0.1) is 18.0 Å². The van der Waals surface area contributed by atoms with E-state index in [-0.39, 0.29) is 0 Å². The van der Waals surface area contributed by atoms with Crippen LogP contribution in [0.5, 0.6) is 5.75 Å². The van der Waals surface area contributed by atoms with Crippen LogP contribution in [0.25, 0.3) is 0 Å². The van der Waals surface area contributed by atoms with Crippen LogP contribution in [0.4, 0.5) is 11.4 Å². The van der Waals surface area contributed by atoms with Crippen molar-refractivity contribution in [2.75, 3.05) is 31.3 Å². The molecule has 0 aliphatic carbocycles. The molecule has 0 aromatic heterocycles. The molecule has 0 aliphatic rings. The predicted molar refractivity (Wildman–Crippen MR) is 82.0 cm³/mol. The fraction of sp³-hybridized carbons (Fsp3) is 0.250. The molecule has 0 aliphatic heterocycles. The van der Waals surface area contributed by atoms with Crippen LogP contribution in [0.1, 0.15) is 5.56 Å². The van der Waals surface area contributed by atoms with Gasteiger partial charge >= 0.3 is 0 Å². The third-order valence-electron chi connectivity index (χ3n) is 2.89. The summed E-state index contributed by atoms with van der Waals surface area (Å²) in [6, 6.07) is 15.7. The summed E-state index contributed by atoms with van der Waals surface area (Å²) in [6.45, 7) is 1.91. The van der Waals surface area contributed by atoms with E-state index >= 15 is 0 Å². The first-order valence-corrected chi connectivity index (χ1v) is 6.58. The number of benzene rings is 2. The van der Waals surface area contributed by atoms with E-state index in [2.05, 4.69) is 5.32 Å². The van der Waals surface area contributed by atoms with Gasteiger partial charge in [0.1, 0.15) is 12.4 Å². The fourth-order valence-electron chi connectivity index (χ4n) is 1.82. The second-order valence-corrected chi connectivity index (χ2v) is 4.44. The highest BCUT2D eigenvalue weighted by atomic mass is 16.5. The lowest BCUT2D eigenvalue weighted by molar-refractivity contribution is 0.211. The van der Waals surface area contributed by atoms with E-state index in [1.54, 1.807) is 7.11 Å². The number of nitrogen functional groups attached to an aromatic ring is 1. The number of methoxy groups -OCH3 is 1. The van der Waals surface area contributed by atoms with Gasteiger partial charge in [0, 0.05) is 19.7 Å². The molecule has 3 N–H and O–H groups in total. The zero-order valence-corrected chi connectivity index (χ0v) is 11.6. The first kappa shape index (κ1) is 14.2. The minimum atomic E-state index is 0.538. The molecule has 4 heteroatoms. The lowest BCUT2D eigenvalue weighted by atomic mass is 10.2. The van der Waals surface area contributed by atoms with Gasteiger partial charge in [-0.05, 0) is 17.7 Å². The Morgan fingerprint density at radius 2 is 1.90 bits per heavy atom. The van der Waals surface area contributed by atoms with Gasteiger partial charge in [0.2, 0.25) is 0 Å². The van der Waals surface area contributed by atoms with E-state index in [4.69, 9.17) is 15.2 Å². The van der Waals surface area contributed by atoms with Crippen LogP contribution >= 0.6 is 0 Å². The van der Waals surface area contributed by atoms with Crippen molar-refractivity contribution in [1.29, 1.82) is 0 Å². The van der Waals surface area contributed by atoms with Crippen LogP contribution in [0.15, 0.2) is 48.5 Å². The smallest absolute Gasteiger partial charge is 0.122 e. The van der Waals surface area contributed by atoms with Crippen molar-refractivity contribution in [3.8, 4) is 5.75 Å². The van der Waals surface area contributed by atoms with Crippen molar-refractivity contribution in [2.24, 2.45) is 0 Å². The molecule has 0 atom stereocenters. The lowest BCUT2D eigenvalue weighted by Gasteiger charge is -2.11. The molecule has 2 rings (SSSR count). The molecule has 0 saturated carbocycles. The van der Waals surface area contributed by atoms with Crippen LogP contribution in [0, 0.1) is 0 Å². The van der Waals surface area contributed by atoms with Gasteiger partial charge in [-0.15, -0.1) is 0 Å². The van der Waals surface area contributed by atoms with E-state index in [1.807, 2.05) is 48.5 Å². The van der Waals surface area contributed by atoms with Gasteiger partial charge in [0.25, 0.3) is 0 Å². The summed E-state index contributed by atoms with van der Waals surface area (Å²) in [5.41, 5.74) is 8.69. The van der Waals surface area contributed by atoms with Crippen LogP contribution in [0.3, 0.4) is 0 Å². The molecule has 4 nitrogen and oxygen atoms in total. The van der Waals surface area contributed by atoms with Crippen molar-refractivity contribution in [3.63, 3.8) is 0 Å². The first-order valence-electron chi connectivity index (χ1n) is 6.58. The maximum absolute atomic E-state index is 5.99. The average Bonchev–Trinajstić information content (AvgIpc) is 2.48.